The Morgan fingerprint density at radius 1 is 1.05 bits per heavy atom. The number of ether oxygens (including phenoxy) is 1. The highest BCUT2D eigenvalue weighted by atomic mass is 16.5. The maximum atomic E-state index is 5.38. The van der Waals surface area contributed by atoms with Crippen molar-refractivity contribution in [3.8, 4) is 5.75 Å². The van der Waals surface area contributed by atoms with Gasteiger partial charge in [0.2, 0.25) is 0 Å². The number of hydrogen-bond donors (Lipinski definition) is 0. The number of hydrogen-bond acceptors (Lipinski definition) is 1. The van der Waals surface area contributed by atoms with Gasteiger partial charge in [0.25, 0.3) is 0 Å². The largest absolute Gasteiger partial charge is 0.497 e. The first kappa shape index (κ1) is 11.6. The Bertz CT molecular complexity index is 528. The number of aryl methyl sites for hydroxylation is 1. The minimum absolute atomic E-state index is 0.815. The first-order valence-corrected chi connectivity index (χ1v) is 7.72. The Morgan fingerprint density at radius 3 is 2.89 bits per heavy atom. The summed E-state index contributed by atoms with van der Waals surface area (Å²) in [5.41, 5.74) is 4.97. The summed E-state index contributed by atoms with van der Waals surface area (Å²) >= 11 is 0. The molecule has 0 unspecified atom stereocenters. The summed E-state index contributed by atoms with van der Waals surface area (Å²) in [5.74, 6) is 3.67. The Hall–Kier alpha value is -1.24. The molecule has 0 heterocycles. The van der Waals surface area contributed by atoms with Crippen molar-refractivity contribution in [2.75, 3.05) is 7.11 Å². The van der Waals surface area contributed by atoms with Gasteiger partial charge in [-0.1, -0.05) is 17.7 Å². The summed E-state index contributed by atoms with van der Waals surface area (Å²) in [6.45, 7) is 0. The van der Waals surface area contributed by atoms with Gasteiger partial charge in [0.1, 0.15) is 5.75 Å². The summed E-state index contributed by atoms with van der Waals surface area (Å²) in [4.78, 5) is 0. The molecule has 0 bridgehead atoms. The quantitative estimate of drug-likeness (QED) is 0.672. The van der Waals surface area contributed by atoms with Gasteiger partial charge >= 0.3 is 0 Å². The molecule has 3 aliphatic carbocycles. The van der Waals surface area contributed by atoms with Crippen LogP contribution < -0.4 is 4.74 Å². The number of rotatable bonds is 1. The van der Waals surface area contributed by atoms with E-state index in [0.717, 1.165) is 23.5 Å². The molecule has 4 rings (SSSR count). The van der Waals surface area contributed by atoms with E-state index in [0.29, 0.717) is 0 Å². The van der Waals surface area contributed by atoms with Crippen molar-refractivity contribution >= 4 is 0 Å². The third-order valence-electron chi connectivity index (χ3n) is 5.63. The summed E-state index contributed by atoms with van der Waals surface area (Å²) < 4.78 is 5.38. The van der Waals surface area contributed by atoms with E-state index in [1.165, 1.54) is 38.5 Å². The van der Waals surface area contributed by atoms with E-state index >= 15 is 0 Å². The van der Waals surface area contributed by atoms with Gasteiger partial charge in [0.05, 0.1) is 7.11 Å². The fourth-order valence-electron chi connectivity index (χ4n) is 4.78. The second-order valence-electron chi connectivity index (χ2n) is 6.38. The van der Waals surface area contributed by atoms with Crippen LogP contribution in [0.2, 0.25) is 0 Å². The predicted molar refractivity (Wildman–Crippen MR) is 77.6 cm³/mol. The van der Waals surface area contributed by atoms with Crippen LogP contribution >= 0.6 is 0 Å². The lowest BCUT2D eigenvalue weighted by Crippen LogP contribution is -2.31. The molecule has 0 amide bonds. The summed E-state index contributed by atoms with van der Waals surface area (Å²) in [7, 11) is 1.77. The summed E-state index contributed by atoms with van der Waals surface area (Å²) in [5, 5.41) is 0. The molecular weight excluding hydrogens is 232 g/mol. The van der Waals surface area contributed by atoms with Crippen molar-refractivity contribution in [1.29, 1.82) is 0 Å². The van der Waals surface area contributed by atoms with Crippen LogP contribution in [0.5, 0.6) is 5.75 Å². The molecule has 1 fully saturated rings. The average molecular weight is 254 g/mol. The smallest absolute Gasteiger partial charge is 0.119 e. The lowest BCUT2D eigenvalue weighted by atomic mass is 9.62. The van der Waals surface area contributed by atoms with Gasteiger partial charge in [0, 0.05) is 0 Å². The molecule has 100 valence electrons. The zero-order valence-electron chi connectivity index (χ0n) is 11.7. The molecule has 3 aliphatic rings. The highest BCUT2D eigenvalue weighted by molar-refractivity contribution is 5.41. The van der Waals surface area contributed by atoms with E-state index in [2.05, 4.69) is 24.3 Å². The van der Waals surface area contributed by atoms with Crippen LogP contribution in [-0.2, 0) is 6.42 Å². The molecule has 0 aromatic heterocycles. The zero-order valence-corrected chi connectivity index (χ0v) is 11.7. The monoisotopic (exact) mass is 254 g/mol. The lowest BCUT2D eigenvalue weighted by molar-refractivity contribution is 0.233. The average Bonchev–Trinajstić information content (AvgIpc) is 2.94. The summed E-state index contributed by atoms with van der Waals surface area (Å²) in [6, 6.07) is 6.77. The SMILES string of the molecule is COc1ccc2c(c1)CC[C@H]1[C@@H]3CCC=C3CC[C@H]21. The van der Waals surface area contributed by atoms with Gasteiger partial charge in [-0.15, -0.1) is 0 Å². The topological polar surface area (TPSA) is 9.23 Å². The maximum absolute atomic E-state index is 5.38. The minimum Gasteiger partial charge on any atom is -0.497 e. The van der Waals surface area contributed by atoms with Crippen molar-refractivity contribution in [3.63, 3.8) is 0 Å². The fourth-order valence-corrected chi connectivity index (χ4v) is 4.78. The number of benzene rings is 1. The first-order valence-electron chi connectivity index (χ1n) is 7.72. The molecule has 19 heavy (non-hydrogen) atoms. The number of fused-ring (bicyclic) bond motifs is 5. The molecule has 0 radical (unpaired) electrons. The number of allylic oxidation sites excluding steroid dienone is 2. The van der Waals surface area contributed by atoms with Crippen LogP contribution in [0.3, 0.4) is 0 Å². The first-order chi connectivity index (χ1) is 9.36. The molecule has 1 nitrogen and oxygen atoms in total. The lowest BCUT2D eigenvalue weighted by Gasteiger charge is -2.42. The Morgan fingerprint density at radius 2 is 2.00 bits per heavy atom. The Labute approximate surface area is 115 Å². The molecule has 0 spiro atoms. The molecule has 3 atom stereocenters. The summed E-state index contributed by atoms with van der Waals surface area (Å²) in [6.07, 6.45) is 10.6. The van der Waals surface area contributed by atoms with Gasteiger partial charge in [-0.2, -0.15) is 0 Å². The van der Waals surface area contributed by atoms with E-state index in [4.69, 9.17) is 4.74 Å². The van der Waals surface area contributed by atoms with Crippen LogP contribution in [0.4, 0.5) is 0 Å². The van der Waals surface area contributed by atoms with Crippen LogP contribution in [0, 0.1) is 11.8 Å². The van der Waals surface area contributed by atoms with Gasteiger partial charge in [-0.05, 0) is 79.5 Å². The van der Waals surface area contributed by atoms with E-state index in [1.807, 2.05) is 0 Å². The van der Waals surface area contributed by atoms with Gasteiger partial charge in [0.15, 0.2) is 0 Å². The van der Waals surface area contributed by atoms with E-state index in [-0.39, 0.29) is 0 Å². The third-order valence-corrected chi connectivity index (χ3v) is 5.63. The van der Waals surface area contributed by atoms with Crippen LogP contribution in [0.1, 0.15) is 49.1 Å². The standard InChI is InChI=1S/C18H22O/c1-19-14-7-10-16-13(11-14)6-9-17-15-4-2-3-12(15)5-8-18(16)17/h3,7,10-11,15,17-18H,2,4-6,8-9H2,1H3/t15-,17+,18-/m1/s1. The minimum atomic E-state index is 0.815. The highest BCUT2D eigenvalue weighted by Gasteiger charge is 2.40. The van der Waals surface area contributed by atoms with E-state index in [1.54, 1.807) is 23.8 Å². The van der Waals surface area contributed by atoms with E-state index < -0.39 is 0 Å². The maximum Gasteiger partial charge on any atom is 0.119 e. The molecule has 1 aromatic rings. The Kier molecular flexibility index (Phi) is 2.68. The van der Waals surface area contributed by atoms with Gasteiger partial charge in [-0.25, -0.2) is 0 Å². The second kappa shape index (κ2) is 4.40. The van der Waals surface area contributed by atoms with Crippen molar-refractivity contribution in [3.05, 3.63) is 41.0 Å². The van der Waals surface area contributed by atoms with Gasteiger partial charge < -0.3 is 4.74 Å². The zero-order chi connectivity index (χ0) is 12.8. The molecular formula is C18H22O. The highest BCUT2D eigenvalue weighted by Crippen LogP contribution is 2.53. The van der Waals surface area contributed by atoms with Crippen LogP contribution in [-0.4, -0.2) is 7.11 Å². The fraction of sp³-hybridized carbons (Fsp3) is 0.556. The second-order valence-corrected chi connectivity index (χ2v) is 6.38. The van der Waals surface area contributed by atoms with Gasteiger partial charge in [-0.3, -0.25) is 0 Å². The predicted octanol–water partition coefficient (Wildman–Crippen LogP) is 4.47. The number of methoxy groups -OCH3 is 1. The van der Waals surface area contributed by atoms with Crippen LogP contribution in [0.15, 0.2) is 29.8 Å². The van der Waals surface area contributed by atoms with Crippen molar-refractivity contribution in [1.82, 2.24) is 0 Å². The van der Waals surface area contributed by atoms with Crippen molar-refractivity contribution in [2.45, 2.75) is 44.4 Å². The molecule has 0 aliphatic heterocycles. The molecule has 1 saturated carbocycles. The molecule has 1 heteroatoms. The third kappa shape index (κ3) is 1.74. The normalized spacial score (nSPS) is 32.1. The Balaban J connectivity index is 1.70. The van der Waals surface area contributed by atoms with Crippen molar-refractivity contribution < 1.29 is 4.74 Å². The van der Waals surface area contributed by atoms with Crippen LogP contribution in [0.25, 0.3) is 0 Å². The molecule has 1 aromatic carbocycles. The molecule has 0 N–H and O–H groups in total. The van der Waals surface area contributed by atoms with E-state index in [9.17, 15) is 0 Å². The molecule has 0 saturated heterocycles. The van der Waals surface area contributed by atoms with Crippen molar-refractivity contribution in [2.24, 2.45) is 11.8 Å².